The monoisotopic (exact) mass is 546 g/mol. The number of nitrogen functional groups attached to an aromatic ring is 2. The van der Waals surface area contributed by atoms with Crippen LogP contribution in [0.4, 0.5) is 0 Å². The predicted molar refractivity (Wildman–Crippen MR) is 144 cm³/mol. The Morgan fingerprint density at radius 2 is 0.895 bits per heavy atom. The first-order valence-corrected chi connectivity index (χ1v) is 12.3. The van der Waals surface area contributed by atoms with Crippen LogP contribution in [0.5, 0.6) is 0 Å². The van der Waals surface area contributed by atoms with Gasteiger partial charge in [-0.05, 0) is 72.8 Å². The van der Waals surface area contributed by atoms with Gasteiger partial charge in [-0.2, -0.15) is 0 Å². The molecule has 0 amide bonds. The molecule has 6 aromatic rings. The van der Waals surface area contributed by atoms with Gasteiger partial charge in [0.15, 0.2) is 23.2 Å². The first-order valence-electron chi connectivity index (χ1n) is 11.6. The fourth-order valence-electron chi connectivity index (χ4n) is 4.00. The molecule has 0 atom stereocenters. The molecule has 0 aliphatic heterocycles. The van der Waals surface area contributed by atoms with Gasteiger partial charge in [0.25, 0.3) is 0 Å². The van der Waals surface area contributed by atoms with E-state index in [0.29, 0.717) is 69.2 Å². The lowest BCUT2D eigenvalue weighted by Crippen LogP contribution is -2.18. The zero-order valence-corrected chi connectivity index (χ0v) is 21.3. The van der Waals surface area contributed by atoms with Crippen LogP contribution in [0.25, 0.3) is 45.8 Å². The highest BCUT2D eigenvalue weighted by molar-refractivity contribution is 6.30. The molecule has 4 aromatic heterocycles. The number of aryl methyl sites for hydroxylation is 2. The van der Waals surface area contributed by atoms with Crippen LogP contribution in [0.15, 0.2) is 81.6 Å². The van der Waals surface area contributed by atoms with Crippen molar-refractivity contribution in [2.75, 3.05) is 11.7 Å². The Morgan fingerprint density at radius 3 is 1.29 bits per heavy atom. The molecule has 0 bridgehead atoms. The Morgan fingerprint density at radius 1 is 0.526 bits per heavy atom. The number of benzene rings is 2. The fraction of sp³-hybridized carbons (Fsp3) is 0.0769. The highest BCUT2D eigenvalue weighted by Gasteiger charge is 2.19. The molecule has 38 heavy (non-hydrogen) atoms. The fourth-order valence-corrected chi connectivity index (χ4v) is 4.25. The minimum absolute atomic E-state index is 0.403. The summed E-state index contributed by atoms with van der Waals surface area (Å²) in [5, 5.41) is 18.2. The number of rotatable bonds is 7. The SMILES string of the molecule is Nn1c(CCc2nnc(-c3ccc(-c4ccc(Cl)cc4)o3)n2N)nnc1-c1ccc(-c2ccc(Cl)cc2)o1. The van der Waals surface area contributed by atoms with Gasteiger partial charge in [-0.3, -0.25) is 0 Å². The molecule has 0 radical (unpaired) electrons. The number of nitrogens with zero attached hydrogens (tertiary/aromatic N) is 6. The van der Waals surface area contributed by atoms with E-state index in [1.54, 1.807) is 36.4 Å². The third-order valence-corrected chi connectivity index (χ3v) is 6.52. The van der Waals surface area contributed by atoms with E-state index in [0.717, 1.165) is 11.1 Å². The Labute approximate surface area is 226 Å². The number of halogens is 2. The van der Waals surface area contributed by atoms with Crippen LogP contribution < -0.4 is 11.7 Å². The highest BCUT2D eigenvalue weighted by Crippen LogP contribution is 2.30. The second kappa shape index (κ2) is 9.73. The van der Waals surface area contributed by atoms with Crippen molar-refractivity contribution in [2.24, 2.45) is 0 Å². The van der Waals surface area contributed by atoms with Gasteiger partial charge in [0.2, 0.25) is 11.6 Å². The molecule has 6 rings (SSSR count). The van der Waals surface area contributed by atoms with E-state index < -0.39 is 0 Å². The Hall–Kier alpha value is -4.54. The number of nitrogens with two attached hydrogens (primary N) is 2. The van der Waals surface area contributed by atoms with E-state index in [9.17, 15) is 0 Å². The topological polar surface area (TPSA) is 140 Å². The lowest BCUT2D eigenvalue weighted by molar-refractivity contribution is 0.588. The molecule has 4 heterocycles. The van der Waals surface area contributed by atoms with E-state index in [4.69, 9.17) is 43.7 Å². The van der Waals surface area contributed by atoms with Crippen LogP contribution in [0.2, 0.25) is 10.0 Å². The molecule has 0 aliphatic rings. The standard InChI is InChI=1S/C26H20Cl2N8O2/c27-17-5-1-15(2-6-17)19-9-11-21(37-19)25-33-31-23(35(25)29)13-14-24-32-34-26(36(24)30)22-12-10-20(38-22)16-3-7-18(28)8-4-16/h1-12H,13-14,29-30H2. The lowest BCUT2D eigenvalue weighted by atomic mass is 10.2. The van der Waals surface area contributed by atoms with Gasteiger partial charge >= 0.3 is 0 Å². The molecule has 0 unspecified atom stereocenters. The highest BCUT2D eigenvalue weighted by atomic mass is 35.5. The third kappa shape index (κ3) is 4.51. The van der Waals surface area contributed by atoms with Crippen molar-refractivity contribution in [3.63, 3.8) is 0 Å². The predicted octanol–water partition coefficient (Wildman–Crippen LogP) is 5.24. The van der Waals surface area contributed by atoms with E-state index >= 15 is 0 Å². The van der Waals surface area contributed by atoms with Crippen molar-refractivity contribution >= 4 is 23.2 Å². The van der Waals surface area contributed by atoms with E-state index in [1.807, 2.05) is 36.4 Å². The summed E-state index contributed by atoms with van der Waals surface area (Å²) in [7, 11) is 0. The Balaban J connectivity index is 1.16. The van der Waals surface area contributed by atoms with Crippen molar-refractivity contribution < 1.29 is 8.83 Å². The summed E-state index contributed by atoms with van der Waals surface area (Å²) in [5.41, 5.74) is 1.78. The number of hydrogen-bond acceptors (Lipinski definition) is 8. The molecule has 4 N–H and O–H groups in total. The molecule has 0 spiro atoms. The average molecular weight is 547 g/mol. The summed E-state index contributed by atoms with van der Waals surface area (Å²) in [6.45, 7) is 0. The second-order valence-corrected chi connectivity index (χ2v) is 9.33. The summed E-state index contributed by atoms with van der Waals surface area (Å²) >= 11 is 11.9. The van der Waals surface area contributed by atoms with Crippen molar-refractivity contribution in [3.8, 4) is 45.8 Å². The first-order chi connectivity index (χ1) is 18.5. The van der Waals surface area contributed by atoms with E-state index in [2.05, 4.69) is 20.4 Å². The lowest BCUT2D eigenvalue weighted by Gasteiger charge is -2.04. The van der Waals surface area contributed by atoms with Gasteiger partial charge in [-0.25, -0.2) is 9.35 Å². The normalized spacial score (nSPS) is 11.3. The smallest absolute Gasteiger partial charge is 0.218 e. The molecule has 0 saturated carbocycles. The van der Waals surface area contributed by atoms with Crippen LogP contribution in [0.3, 0.4) is 0 Å². The molecule has 2 aromatic carbocycles. The maximum atomic E-state index is 6.29. The maximum absolute atomic E-state index is 6.29. The maximum Gasteiger partial charge on any atom is 0.218 e. The van der Waals surface area contributed by atoms with Crippen molar-refractivity contribution in [3.05, 3.63) is 94.5 Å². The quantitative estimate of drug-likeness (QED) is 0.259. The van der Waals surface area contributed by atoms with E-state index in [-0.39, 0.29) is 0 Å². The summed E-state index contributed by atoms with van der Waals surface area (Å²) in [5.74, 6) is 16.8. The van der Waals surface area contributed by atoms with Gasteiger partial charge in [0.1, 0.15) is 11.5 Å². The minimum Gasteiger partial charge on any atom is -0.453 e. The summed E-state index contributed by atoms with van der Waals surface area (Å²) in [6, 6.07) is 22.0. The van der Waals surface area contributed by atoms with Crippen LogP contribution in [0, 0.1) is 0 Å². The van der Waals surface area contributed by atoms with Crippen LogP contribution in [-0.4, -0.2) is 29.7 Å². The third-order valence-electron chi connectivity index (χ3n) is 6.02. The average Bonchev–Trinajstić information content (AvgIpc) is 3.71. The second-order valence-electron chi connectivity index (χ2n) is 8.46. The zero-order valence-electron chi connectivity index (χ0n) is 19.8. The first kappa shape index (κ1) is 23.8. The molecule has 190 valence electrons. The Bertz CT molecular complexity index is 1590. The van der Waals surface area contributed by atoms with Crippen LogP contribution >= 0.6 is 23.2 Å². The molecule has 0 aliphatic carbocycles. The summed E-state index contributed by atoms with van der Waals surface area (Å²) in [4.78, 5) is 0. The Kier molecular flexibility index (Phi) is 6.10. The van der Waals surface area contributed by atoms with Crippen molar-refractivity contribution in [1.29, 1.82) is 0 Å². The van der Waals surface area contributed by atoms with Crippen LogP contribution in [0.1, 0.15) is 11.6 Å². The van der Waals surface area contributed by atoms with Gasteiger partial charge in [0, 0.05) is 34.0 Å². The van der Waals surface area contributed by atoms with Crippen LogP contribution in [-0.2, 0) is 12.8 Å². The number of hydrogen-bond donors (Lipinski definition) is 2. The molecule has 12 heteroatoms. The van der Waals surface area contributed by atoms with Gasteiger partial charge in [-0.15, -0.1) is 20.4 Å². The minimum atomic E-state index is 0.403. The number of furan rings is 2. The largest absolute Gasteiger partial charge is 0.453 e. The van der Waals surface area contributed by atoms with Gasteiger partial charge in [0.05, 0.1) is 0 Å². The molecule has 10 nitrogen and oxygen atoms in total. The zero-order chi connectivity index (χ0) is 26.2. The summed E-state index contributed by atoms with van der Waals surface area (Å²) < 4.78 is 14.7. The van der Waals surface area contributed by atoms with Gasteiger partial charge < -0.3 is 20.5 Å². The summed E-state index contributed by atoms with van der Waals surface area (Å²) in [6.07, 6.45) is 0.857. The molecular weight excluding hydrogens is 527 g/mol. The molecule has 0 fully saturated rings. The van der Waals surface area contributed by atoms with Gasteiger partial charge in [-0.1, -0.05) is 23.2 Å². The van der Waals surface area contributed by atoms with Crippen molar-refractivity contribution in [2.45, 2.75) is 12.8 Å². The van der Waals surface area contributed by atoms with Crippen molar-refractivity contribution in [1.82, 2.24) is 29.7 Å². The van der Waals surface area contributed by atoms with E-state index in [1.165, 1.54) is 9.35 Å². The number of aromatic nitrogens is 6. The molecular formula is C26H20Cl2N8O2. The molecule has 0 saturated heterocycles.